The predicted molar refractivity (Wildman–Crippen MR) is 99.1 cm³/mol. The van der Waals surface area contributed by atoms with Gasteiger partial charge in [0.05, 0.1) is 18.3 Å². The van der Waals surface area contributed by atoms with Crippen molar-refractivity contribution in [1.82, 2.24) is 20.3 Å². The van der Waals surface area contributed by atoms with E-state index in [1.807, 2.05) is 12.1 Å². The molecule has 0 radical (unpaired) electrons. The Hall–Kier alpha value is -2.84. The fourth-order valence-corrected chi connectivity index (χ4v) is 2.88. The van der Waals surface area contributed by atoms with Gasteiger partial charge in [-0.1, -0.05) is 23.7 Å². The molecule has 0 aliphatic heterocycles. The van der Waals surface area contributed by atoms with Crippen molar-refractivity contribution in [2.45, 2.75) is 13.0 Å². The lowest BCUT2D eigenvalue weighted by Crippen LogP contribution is -2.24. The number of halogens is 1. The standard InChI is InChI=1S/C17H14ClN5O2S/c18-12-3-1-11(2-4-12)8-21-15(24)7-13-10-26-17(22-13)23-16(25)14-9-19-5-6-20-14/h1-6,9-10H,7-8H2,(H,21,24)(H,22,23,25). The zero-order valence-electron chi connectivity index (χ0n) is 13.5. The first-order valence-electron chi connectivity index (χ1n) is 7.63. The van der Waals surface area contributed by atoms with Gasteiger partial charge < -0.3 is 5.32 Å². The van der Waals surface area contributed by atoms with E-state index in [1.54, 1.807) is 17.5 Å². The molecule has 2 N–H and O–H groups in total. The summed E-state index contributed by atoms with van der Waals surface area (Å²) in [5.41, 5.74) is 1.74. The highest BCUT2D eigenvalue weighted by atomic mass is 35.5. The summed E-state index contributed by atoms with van der Waals surface area (Å²) < 4.78 is 0. The van der Waals surface area contributed by atoms with Crippen molar-refractivity contribution in [3.63, 3.8) is 0 Å². The molecule has 3 rings (SSSR count). The van der Waals surface area contributed by atoms with Gasteiger partial charge in [0.1, 0.15) is 5.69 Å². The first-order valence-corrected chi connectivity index (χ1v) is 8.89. The van der Waals surface area contributed by atoms with Crippen LogP contribution >= 0.6 is 22.9 Å². The average Bonchev–Trinajstić information content (AvgIpc) is 3.08. The van der Waals surface area contributed by atoms with E-state index in [4.69, 9.17) is 11.6 Å². The topological polar surface area (TPSA) is 96.9 Å². The van der Waals surface area contributed by atoms with E-state index < -0.39 is 5.91 Å². The molecule has 0 saturated carbocycles. The van der Waals surface area contributed by atoms with Gasteiger partial charge in [-0.15, -0.1) is 11.3 Å². The SMILES string of the molecule is O=C(Cc1csc(NC(=O)c2cnccn2)n1)NCc1ccc(Cl)cc1. The number of carbonyl (C=O) groups excluding carboxylic acids is 2. The van der Waals surface area contributed by atoms with Gasteiger partial charge in [-0.05, 0) is 17.7 Å². The van der Waals surface area contributed by atoms with E-state index in [0.29, 0.717) is 22.4 Å². The molecule has 0 aliphatic rings. The molecule has 7 nitrogen and oxygen atoms in total. The molecular formula is C17H14ClN5O2S. The number of amides is 2. The van der Waals surface area contributed by atoms with Crippen LogP contribution in [0.15, 0.2) is 48.2 Å². The Morgan fingerprint density at radius 1 is 1.15 bits per heavy atom. The summed E-state index contributed by atoms with van der Waals surface area (Å²) in [6.07, 6.45) is 4.42. The van der Waals surface area contributed by atoms with E-state index in [9.17, 15) is 9.59 Å². The summed E-state index contributed by atoms with van der Waals surface area (Å²) in [4.78, 5) is 36.0. The highest BCUT2D eigenvalue weighted by Crippen LogP contribution is 2.16. The lowest BCUT2D eigenvalue weighted by molar-refractivity contribution is -0.120. The van der Waals surface area contributed by atoms with Crippen LogP contribution < -0.4 is 10.6 Å². The molecule has 0 unspecified atom stereocenters. The van der Waals surface area contributed by atoms with Gasteiger partial charge in [0.15, 0.2) is 5.13 Å². The van der Waals surface area contributed by atoms with Crippen LogP contribution in [0.25, 0.3) is 0 Å². The fourth-order valence-electron chi connectivity index (χ4n) is 2.05. The van der Waals surface area contributed by atoms with Crippen molar-refractivity contribution in [3.05, 3.63) is 70.2 Å². The van der Waals surface area contributed by atoms with Crippen LogP contribution in [0.1, 0.15) is 21.7 Å². The van der Waals surface area contributed by atoms with Crippen LogP contribution in [-0.2, 0) is 17.8 Å². The summed E-state index contributed by atoms with van der Waals surface area (Å²) >= 11 is 7.07. The molecule has 1 aromatic carbocycles. The van der Waals surface area contributed by atoms with Crippen molar-refractivity contribution in [2.75, 3.05) is 5.32 Å². The van der Waals surface area contributed by atoms with Crippen molar-refractivity contribution in [2.24, 2.45) is 0 Å². The van der Waals surface area contributed by atoms with Crippen LogP contribution in [0.5, 0.6) is 0 Å². The van der Waals surface area contributed by atoms with E-state index in [0.717, 1.165) is 5.56 Å². The number of carbonyl (C=O) groups is 2. The highest BCUT2D eigenvalue weighted by molar-refractivity contribution is 7.14. The van der Waals surface area contributed by atoms with Crippen LogP contribution in [0.2, 0.25) is 5.02 Å². The van der Waals surface area contributed by atoms with Crippen molar-refractivity contribution < 1.29 is 9.59 Å². The van der Waals surface area contributed by atoms with Gasteiger partial charge in [0.2, 0.25) is 5.91 Å². The maximum Gasteiger partial charge on any atom is 0.277 e. The second-order valence-electron chi connectivity index (χ2n) is 5.27. The van der Waals surface area contributed by atoms with E-state index >= 15 is 0 Å². The first kappa shape index (κ1) is 18.0. The van der Waals surface area contributed by atoms with Crippen LogP contribution in [0, 0.1) is 0 Å². The molecule has 0 fully saturated rings. The molecule has 0 atom stereocenters. The highest BCUT2D eigenvalue weighted by Gasteiger charge is 2.12. The Labute approximate surface area is 158 Å². The Bertz CT molecular complexity index is 899. The minimum absolute atomic E-state index is 0.130. The molecule has 2 amide bonds. The molecule has 0 aliphatic carbocycles. The minimum atomic E-state index is -0.397. The summed E-state index contributed by atoms with van der Waals surface area (Å²) in [7, 11) is 0. The Morgan fingerprint density at radius 3 is 2.69 bits per heavy atom. The molecule has 0 saturated heterocycles. The van der Waals surface area contributed by atoms with Gasteiger partial charge in [0, 0.05) is 29.3 Å². The van der Waals surface area contributed by atoms with Crippen molar-refractivity contribution in [3.8, 4) is 0 Å². The summed E-state index contributed by atoms with van der Waals surface area (Å²) in [5.74, 6) is -0.553. The van der Waals surface area contributed by atoms with Crippen molar-refractivity contribution >= 4 is 39.9 Å². The lowest BCUT2D eigenvalue weighted by Gasteiger charge is -2.04. The third kappa shape index (κ3) is 5.08. The third-order valence-electron chi connectivity index (χ3n) is 3.31. The van der Waals surface area contributed by atoms with E-state index in [1.165, 1.54) is 29.9 Å². The molecule has 26 heavy (non-hydrogen) atoms. The monoisotopic (exact) mass is 387 g/mol. The molecule has 3 aromatic rings. The summed E-state index contributed by atoms with van der Waals surface area (Å²) in [6, 6.07) is 7.25. The number of nitrogens with one attached hydrogen (secondary N) is 2. The third-order valence-corrected chi connectivity index (χ3v) is 4.37. The smallest absolute Gasteiger partial charge is 0.277 e. The molecule has 0 bridgehead atoms. The van der Waals surface area contributed by atoms with E-state index in [-0.39, 0.29) is 18.0 Å². The Kier molecular flexibility index (Phi) is 5.88. The molecule has 132 valence electrons. The van der Waals surface area contributed by atoms with Crippen molar-refractivity contribution in [1.29, 1.82) is 0 Å². The maximum absolute atomic E-state index is 12.0. The summed E-state index contributed by atoms with van der Waals surface area (Å²) in [5, 5.41) is 8.24. The second-order valence-corrected chi connectivity index (χ2v) is 6.56. The number of thiazole rings is 1. The molecule has 2 aromatic heterocycles. The van der Waals surface area contributed by atoms with Crippen LogP contribution in [0.3, 0.4) is 0 Å². The number of hydrogen-bond donors (Lipinski definition) is 2. The number of benzene rings is 1. The number of hydrogen-bond acceptors (Lipinski definition) is 6. The molecule has 0 spiro atoms. The normalized spacial score (nSPS) is 10.3. The lowest BCUT2D eigenvalue weighted by atomic mass is 10.2. The van der Waals surface area contributed by atoms with Gasteiger partial charge in [-0.2, -0.15) is 0 Å². The predicted octanol–water partition coefficient (Wildman–Crippen LogP) is 2.70. The van der Waals surface area contributed by atoms with Gasteiger partial charge in [0.25, 0.3) is 5.91 Å². The zero-order chi connectivity index (χ0) is 18.4. The van der Waals surface area contributed by atoms with Crippen LogP contribution in [-0.4, -0.2) is 26.8 Å². The quantitative estimate of drug-likeness (QED) is 0.677. The summed E-state index contributed by atoms with van der Waals surface area (Å²) in [6.45, 7) is 0.413. The molecule has 2 heterocycles. The largest absolute Gasteiger partial charge is 0.352 e. The number of anilines is 1. The zero-order valence-corrected chi connectivity index (χ0v) is 15.0. The number of nitrogens with zero attached hydrogens (tertiary/aromatic N) is 3. The van der Waals surface area contributed by atoms with E-state index in [2.05, 4.69) is 25.6 Å². The van der Waals surface area contributed by atoms with Gasteiger partial charge in [-0.25, -0.2) is 9.97 Å². The van der Waals surface area contributed by atoms with Crippen LogP contribution in [0.4, 0.5) is 5.13 Å². The number of rotatable bonds is 6. The Balaban J connectivity index is 1.50. The Morgan fingerprint density at radius 2 is 1.96 bits per heavy atom. The fraction of sp³-hybridized carbons (Fsp3) is 0.118. The second kappa shape index (κ2) is 8.50. The van der Waals surface area contributed by atoms with Gasteiger partial charge in [-0.3, -0.25) is 19.9 Å². The first-order chi connectivity index (χ1) is 12.6. The molecular weight excluding hydrogens is 374 g/mol. The van der Waals surface area contributed by atoms with Gasteiger partial charge >= 0.3 is 0 Å². The molecule has 9 heteroatoms. The maximum atomic E-state index is 12.0. The minimum Gasteiger partial charge on any atom is -0.352 e. The average molecular weight is 388 g/mol. The number of aromatic nitrogens is 3.